The number of hydrogen-bond acceptors (Lipinski definition) is 4. The molecule has 0 radical (unpaired) electrons. The smallest absolute Gasteiger partial charge is 0.315 e. The minimum absolute atomic E-state index is 0.275. The van der Waals surface area contributed by atoms with E-state index in [1.54, 1.807) is 0 Å². The zero-order chi connectivity index (χ0) is 9.10. The molecule has 0 bridgehead atoms. The van der Waals surface area contributed by atoms with Crippen molar-refractivity contribution in [1.82, 2.24) is 10.2 Å². The highest BCUT2D eigenvalue weighted by Crippen LogP contribution is 2.31. The fourth-order valence-corrected chi connectivity index (χ4v) is 1.28. The summed E-state index contributed by atoms with van der Waals surface area (Å²) in [4.78, 5) is 0. The summed E-state index contributed by atoms with van der Waals surface area (Å²) in [5.41, 5.74) is 0. The van der Waals surface area contributed by atoms with Gasteiger partial charge in [0.1, 0.15) is 5.88 Å². The SMILES string of the molecule is ClCc1nnc(NCCC2CC2)o1. The molecule has 0 aromatic carbocycles. The van der Waals surface area contributed by atoms with Gasteiger partial charge in [0.15, 0.2) is 0 Å². The van der Waals surface area contributed by atoms with Crippen LogP contribution in [0.15, 0.2) is 4.42 Å². The van der Waals surface area contributed by atoms with Crippen LogP contribution in [0.2, 0.25) is 0 Å². The van der Waals surface area contributed by atoms with Gasteiger partial charge in [-0.2, -0.15) is 0 Å². The highest BCUT2D eigenvalue weighted by Gasteiger charge is 2.20. The summed E-state index contributed by atoms with van der Waals surface area (Å²) in [7, 11) is 0. The third-order valence-electron chi connectivity index (χ3n) is 2.11. The normalized spacial score (nSPS) is 16.1. The van der Waals surface area contributed by atoms with Crippen molar-refractivity contribution in [2.45, 2.75) is 25.1 Å². The Labute approximate surface area is 81.7 Å². The molecule has 1 fully saturated rings. The predicted molar refractivity (Wildman–Crippen MR) is 49.7 cm³/mol. The van der Waals surface area contributed by atoms with E-state index >= 15 is 0 Å². The number of hydrogen-bond donors (Lipinski definition) is 1. The summed E-state index contributed by atoms with van der Waals surface area (Å²) < 4.78 is 5.17. The van der Waals surface area contributed by atoms with Crippen molar-refractivity contribution >= 4 is 17.6 Å². The minimum atomic E-state index is 0.275. The van der Waals surface area contributed by atoms with Crippen molar-refractivity contribution in [3.8, 4) is 0 Å². The fourth-order valence-electron chi connectivity index (χ4n) is 1.17. The molecule has 0 saturated heterocycles. The van der Waals surface area contributed by atoms with Gasteiger partial charge in [-0.25, -0.2) is 0 Å². The first kappa shape index (κ1) is 8.81. The van der Waals surface area contributed by atoms with Crippen LogP contribution in [0.25, 0.3) is 0 Å². The molecule has 1 aromatic heterocycles. The average Bonchev–Trinajstić information content (AvgIpc) is 2.84. The number of halogens is 1. The maximum Gasteiger partial charge on any atom is 0.315 e. The first-order valence-electron chi connectivity index (χ1n) is 4.50. The maximum atomic E-state index is 5.51. The monoisotopic (exact) mass is 201 g/mol. The predicted octanol–water partition coefficient (Wildman–Crippen LogP) is 2.02. The standard InChI is InChI=1S/C8H12ClN3O/c9-5-7-11-12-8(13-7)10-4-3-6-1-2-6/h6H,1-5H2,(H,10,12). The molecule has 0 aliphatic heterocycles. The van der Waals surface area contributed by atoms with Crippen LogP contribution in [0.4, 0.5) is 6.01 Å². The van der Waals surface area contributed by atoms with E-state index in [1.165, 1.54) is 19.3 Å². The molecule has 72 valence electrons. The Balaban J connectivity index is 1.72. The molecule has 1 aliphatic carbocycles. The summed E-state index contributed by atoms with van der Waals surface area (Å²) in [5, 5.41) is 10.6. The quantitative estimate of drug-likeness (QED) is 0.741. The lowest BCUT2D eigenvalue weighted by Crippen LogP contribution is -2.02. The summed E-state index contributed by atoms with van der Waals surface area (Å²) in [6.45, 7) is 0.911. The third-order valence-corrected chi connectivity index (χ3v) is 2.34. The van der Waals surface area contributed by atoms with Crippen LogP contribution in [-0.4, -0.2) is 16.7 Å². The molecule has 1 N–H and O–H groups in total. The second-order valence-corrected chi connectivity index (χ2v) is 3.56. The number of alkyl halides is 1. The van der Waals surface area contributed by atoms with Gasteiger partial charge < -0.3 is 9.73 Å². The second-order valence-electron chi connectivity index (χ2n) is 3.29. The largest absolute Gasteiger partial charge is 0.407 e. The number of nitrogens with zero attached hydrogens (tertiary/aromatic N) is 2. The molecule has 2 rings (SSSR count). The topological polar surface area (TPSA) is 51.0 Å². The van der Waals surface area contributed by atoms with Crippen molar-refractivity contribution in [3.63, 3.8) is 0 Å². The van der Waals surface area contributed by atoms with Crippen LogP contribution in [0.5, 0.6) is 0 Å². The maximum absolute atomic E-state index is 5.51. The third kappa shape index (κ3) is 2.59. The number of anilines is 1. The van der Waals surface area contributed by atoms with Gasteiger partial charge in [0.2, 0.25) is 5.89 Å². The minimum Gasteiger partial charge on any atom is -0.407 e. The summed E-state index contributed by atoms with van der Waals surface area (Å²) >= 11 is 5.51. The van der Waals surface area contributed by atoms with Gasteiger partial charge in [-0.1, -0.05) is 17.9 Å². The van der Waals surface area contributed by atoms with Crippen LogP contribution in [0.3, 0.4) is 0 Å². The molecule has 4 nitrogen and oxygen atoms in total. The number of nitrogens with one attached hydrogen (secondary N) is 1. The number of rotatable bonds is 5. The van der Waals surface area contributed by atoms with E-state index in [0.717, 1.165) is 12.5 Å². The Kier molecular flexibility index (Phi) is 2.68. The molecule has 13 heavy (non-hydrogen) atoms. The van der Waals surface area contributed by atoms with Gasteiger partial charge in [-0.05, 0) is 12.3 Å². The first-order valence-corrected chi connectivity index (χ1v) is 5.04. The van der Waals surface area contributed by atoms with Crippen molar-refractivity contribution in [1.29, 1.82) is 0 Å². The summed E-state index contributed by atoms with van der Waals surface area (Å²) in [6, 6.07) is 0.483. The Bertz CT molecular complexity index is 272. The molecule has 0 amide bonds. The Morgan fingerprint density at radius 1 is 1.46 bits per heavy atom. The van der Waals surface area contributed by atoms with Crippen LogP contribution >= 0.6 is 11.6 Å². The Hall–Kier alpha value is -0.770. The van der Waals surface area contributed by atoms with E-state index < -0.39 is 0 Å². The fraction of sp³-hybridized carbons (Fsp3) is 0.750. The molecular formula is C8H12ClN3O. The highest BCUT2D eigenvalue weighted by molar-refractivity contribution is 6.16. The van der Waals surface area contributed by atoms with E-state index in [2.05, 4.69) is 15.5 Å². The molecule has 0 atom stereocenters. The molecule has 5 heteroatoms. The lowest BCUT2D eigenvalue weighted by atomic mass is 10.3. The van der Waals surface area contributed by atoms with Gasteiger partial charge in [0, 0.05) is 6.54 Å². The van der Waals surface area contributed by atoms with Crippen molar-refractivity contribution in [3.05, 3.63) is 5.89 Å². The lowest BCUT2D eigenvalue weighted by Gasteiger charge is -1.97. The van der Waals surface area contributed by atoms with Crippen molar-refractivity contribution in [2.75, 3.05) is 11.9 Å². The van der Waals surface area contributed by atoms with Crippen LogP contribution in [0, 0.1) is 5.92 Å². The van der Waals surface area contributed by atoms with E-state index in [-0.39, 0.29) is 5.88 Å². The molecule has 0 unspecified atom stereocenters. The second kappa shape index (κ2) is 3.96. The molecule has 1 aromatic rings. The molecule has 1 aliphatic rings. The van der Waals surface area contributed by atoms with Gasteiger partial charge in [0.05, 0.1) is 0 Å². The average molecular weight is 202 g/mol. The lowest BCUT2D eigenvalue weighted by molar-refractivity contribution is 0.524. The Morgan fingerprint density at radius 3 is 2.92 bits per heavy atom. The summed E-state index contributed by atoms with van der Waals surface area (Å²) in [6.07, 6.45) is 3.94. The molecular weight excluding hydrogens is 190 g/mol. The first-order chi connectivity index (χ1) is 6.38. The van der Waals surface area contributed by atoms with Gasteiger partial charge >= 0.3 is 6.01 Å². The highest BCUT2D eigenvalue weighted by atomic mass is 35.5. The van der Waals surface area contributed by atoms with Crippen LogP contribution < -0.4 is 5.32 Å². The van der Waals surface area contributed by atoms with Crippen molar-refractivity contribution < 1.29 is 4.42 Å². The van der Waals surface area contributed by atoms with Gasteiger partial charge in [-0.3, -0.25) is 0 Å². The van der Waals surface area contributed by atoms with E-state index in [1.807, 2.05) is 0 Å². The van der Waals surface area contributed by atoms with E-state index in [4.69, 9.17) is 16.0 Å². The molecule has 1 saturated carbocycles. The zero-order valence-corrected chi connectivity index (χ0v) is 8.05. The summed E-state index contributed by atoms with van der Waals surface area (Å²) in [5.74, 6) is 1.66. The zero-order valence-electron chi connectivity index (χ0n) is 7.29. The molecule has 0 spiro atoms. The van der Waals surface area contributed by atoms with Gasteiger partial charge in [-0.15, -0.1) is 16.7 Å². The van der Waals surface area contributed by atoms with Gasteiger partial charge in [0.25, 0.3) is 0 Å². The number of aromatic nitrogens is 2. The van der Waals surface area contributed by atoms with E-state index in [0.29, 0.717) is 11.9 Å². The Morgan fingerprint density at radius 2 is 2.31 bits per heavy atom. The van der Waals surface area contributed by atoms with Crippen LogP contribution in [0.1, 0.15) is 25.2 Å². The molecule has 1 heterocycles. The van der Waals surface area contributed by atoms with E-state index in [9.17, 15) is 0 Å². The van der Waals surface area contributed by atoms with Crippen LogP contribution in [-0.2, 0) is 5.88 Å². The van der Waals surface area contributed by atoms with Crippen molar-refractivity contribution in [2.24, 2.45) is 5.92 Å².